The van der Waals surface area contributed by atoms with Crippen molar-refractivity contribution in [1.82, 2.24) is 24.3 Å². The fourth-order valence-corrected chi connectivity index (χ4v) is 4.75. The van der Waals surface area contributed by atoms with Gasteiger partial charge in [-0.3, -0.25) is 9.20 Å². The van der Waals surface area contributed by atoms with Gasteiger partial charge in [0.25, 0.3) is 5.91 Å². The fourth-order valence-electron chi connectivity index (χ4n) is 4.75. The van der Waals surface area contributed by atoms with Crippen LogP contribution in [0.2, 0.25) is 0 Å². The number of rotatable bonds is 2. The molecule has 2 unspecified atom stereocenters. The van der Waals surface area contributed by atoms with Crippen LogP contribution in [0.3, 0.4) is 0 Å². The third-order valence-electron chi connectivity index (χ3n) is 6.13. The fraction of sp³-hybridized carbons (Fsp3) is 0.273. The highest BCUT2D eigenvalue weighted by Crippen LogP contribution is 2.46. The molecule has 2 N–H and O–H groups in total. The molecular formula is C22H17F3N6O3. The maximum atomic E-state index is 13.6. The van der Waals surface area contributed by atoms with E-state index in [0.717, 1.165) is 0 Å². The molecule has 2 aliphatic heterocycles. The Morgan fingerprint density at radius 1 is 1.21 bits per heavy atom. The van der Waals surface area contributed by atoms with E-state index in [1.54, 1.807) is 27.9 Å². The molecule has 0 saturated carbocycles. The summed E-state index contributed by atoms with van der Waals surface area (Å²) >= 11 is 0. The summed E-state index contributed by atoms with van der Waals surface area (Å²) in [4.78, 5) is 28.0. The maximum absolute atomic E-state index is 13.6. The van der Waals surface area contributed by atoms with Crippen molar-refractivity contribution in [3.05, 3.63) is 54.2 Å². The van der Waals surface area contributed by atoms with Crippen LogP contribution in [0.25, 0.3) is 16.6 Å². The third-order valence-corrected chi connectivity index (χ3v) is 6.13. The number of nitrogen functional groups attached to an aromatic ring is 1. The summed E-state index contributed by atoms with van der Waals surface area (Å²) in [5.41, 5.74) is 8.58. The number of nitrogens with zero attached hydrogens (tertiary/aromatic N) is 5. The van der Waals surface area contributed by atoms with Crippen molar-refractivity contribution < 1.29 is 27.4 Å². The molecule has 1 saturated heterocycles. The van der Waals surface area contributed by atoms with Crippen LogP contribution in [0.5, 0.6) is 11.5 Å². The summed E-state index contributed by atoms with van der Waals surface area (Å²) in [5, 5.41) is 0. The Morgan fingerprint density at radius 3 is 2.88 bits per heavy atom. The lowest BCUT2D eigenvalue weighted by Crippen LogP contribution is -2.44. The normalized spacial score (nSPS) is 19.7. The number of hydrogen-bond donors (Lipinski definition) is 1. The number of aromatic nitrogens is 4. The second-order valence-corrected chi connectivity index (χ2v) is 8.19. The number of nitrogens with two attached hydrogens (primary N) is 1. The summed E-state index contributed by atoms with van der Waals surface area (Å²) in [6.07, 6.45) is 0.845. The first-order valence-electron chi connectivity index (χ1n) is 10.5. The van der Waals surface area contributed by atoms with E-state index < -0.39 is 12.4 Å². The molecule has 1 amide bonds. The number of pyridine rings is 1. The van der Waals surface area contributed by atoms with Crippen molar-refractivity contribution in [3.8, 4) is 11.5 Å². The number of hydrogen-bond acceptors (Lipinski definition) is 7. The van der Waals surface area contributed by atoms with Crippen molar-refractivity contribution in [2.45, 2.75) is 31.3 Å². The minimum absolute atomic E-state index is 0.209. The van der Waals surface area contributed by atoms with Crippen molar-refractivity contribution in [1.29, 1.82) is 0 Å². The number of carbonyl (C=O) groups is 1. The van der Waals surface area contributed by atoms with E-state index in [1.165, 1.54) is 24.4 Å². The Bertz CT molecular complexity index is 1450. The number of ether oxygens (including phenoxy) is 2. The number of carbonyl (C=O) groups excluding carboxylic acids is 1. The van der Waals surface area contributed by atoms with Gasteiger partial charge in [0.05, 0.1) is 30.3 Å². The van der Waals surface area contributed by atoms with E-state index in [2.05, 4.69) is 19.7 Å². The van der Waals surface area contributed by atoms with Crippen LogP contribution in [0.4, 0.5) is 19.0 Å². The predicted molar refractivity (Wildman–Crippen MR) is 113 cm³/mol. The van der Waals surface area contributed by atoms with E-state index in [-0.39, 0.29) is 29.2 Å². The average molecular weight is 470 g/mol. The summed E-state index contributed by atoms with van der Waals surface area (Å²) in [5.74, 6) is -0.0927. The van der Waals surface area contributed by atoms with Gasteiger partial charge in [0.1, 0.15) is 40.1 Å². The monoisotopic (exact) mass is 470 g/mol. The molecule has 174 valence electrons. The van der Waals surface area contributed by atoms with Crippen molar-refractivity contribution in [2.75, 3.05) is 12.3 Å². The first kappa shape index (κ1) is 20.5. The van der Waals surface area contributed by atoms with E-state index in [0.29, 0.717) is 47.3 Å². The first-order valence-corrected chi connectivity index (χ1v) is 10.5. The lowest BCUT2D eigenvalue weighted by Gasteiger charge is -2.36. The van der Waals surface area contributed by atoms with Gasteiger partial charge in [-0.05, 0) is 31.0 Å². The summed E-state index contributed by atoms with van der Waals surface area (Å²) < 4.78 is 49.5. The first-order chi connectivity index (χ1) is 16.3. The van der Waals surface area contributed by atoms with Crippen LogP contribution in [0.15, 0.2) is 43.0 Å². The molecule has 3 aromatic heterocycles. The van der Waals surface area contributed by atoms with Gasteiger partial charge in [-0.25, -0.2) is 15.0 Å². The van der Waals surface area contributed by atoms with Gasteiger partial charge in [0.2, 0.25) is 0 Å². The molecule has 2 aliphatic rings. The number of imidazole rings is 1. The van der Waals surface area contributed by atoms with Crippen LogP contribution < -0.4 is 15.2 Å². The summed E-state index contributed by atoms with van der Waals surface area (Å²) in [7, 11) is 0. The molecule has 6 rings (SSSR count). The highest BCUT2D eigenvalue weighted by molar-refractivity contribution is 5.96. The lowest BCUT2D eigenvalue weighted by molar-refractivity contribution is -0.274. The van der Waals surface area contributed by atoms with E-state index in [1.807, 2.05) is 0 Å². The summed E-state index contributed by atoms with van der Waals surface area (Å²) in [6.45, 7) is 0.462. The zero-order chi connectivity index (χ0) is 23.6. The highest BCUT2D eigenvalue weighted by atomic mass is 19.4. The molecule has 2 atom stereocenters. The molecule has 1 fully saturated rings. The lowest BCUT2D eigenvalue weighted by atomic mass is 9.94. The van der Waals surface area contributed by atoms with Crippen LogP contribution in [0, 0.1) is 0 Å². The van der Waals surface area contributed by atoms with Gasteiger partial charge in [-0.15, -0.1) is 13.2 Å². The van der Waals surface area contributed by atoms with Gasteiger partial charge in [0, 0.05) is 18.2 Å². The third kappa shape index (κ3) is 3.25. The zero-order valence-corrected chi connectivity index (χ0v) is 17.5. The van der Waals surface area contributed by atoms with Crippen molar-refractivity contribution in [2.24, 2.45) is 0 Å². The van der Waals surface area contributed by atoms with Crippen molar-refractivity contribution >= 4 is 28.3 Å². The second kappa shape index (κ2) is 7.20. The van der Waals surface area contributed by atoms with Crippen LogP contribution in [-0.2, 0) is 0 Å². The molecule has 0 spiro atoms. The molecule has 0 bridgehead atoms. The number of anilines is 1. The number of halogens is 3. The molecule has 5 heterocycles. The largest absolute Gasteiger partial charge is 0.573 e. The van der Waals surface area contributed by atoms with Gasteiger partial charge in [-0.1, -0.05) is 0 Å². The molecular weight excluding hydrogens is 453 g/mol. The Labute approximate surface area is 189 Å². The molecule has 0 aliphatic carbocycles. The van der Waals surface area contributed by atoms with Gasteiger partial charge in [-0.2, -0.15) is 0 Å². The van der Waals surface area contributed by atoms with E-state index >= 15 is 0 Å². The van der Waals surface area contributed by atoms with Crippen LogP contribution in [0.1, 0.15) is 34.9 Å². The number of benzene rings is 1. The van der Waals surface area contributed by atoms with Crippen LogP contribution >= 0.6 is 0 Å². The van der Waals surface area contributed by atoms with E-state index in [4.69, 9.17) is 10.5 Å². The highest BCUT2D eigenvalue weighted by Gasteiger charge is 2.44. The number of amides is 1. The maximum Gasteiger partial charge on any atom is 0.573 e. The molecule has 1 aromatic carbocycles. The molecule has 0 radical (unpaired) electrons. The minimum atomic E-state index is -4.80. The SMILES string of the molecule is Nc1nc2cnc(C(=O)N3CCCC4Oc5cc(OC(F)(F)F)ccc5C43)cc2n2cncc12. The van der Waals surface area contributed by atoms with Crippen LogP contribution in [-0.4, -0.2) is 49.2 Å². The zero-order valence-electron chi connectivity index (χ0n) is 17.5. The molecule has 4 aromatic rings. The van der Waals surface area contributed by atoms with Gasteiger partial charge < -0.3 is 20.1 Å². The topological polar surface area (TPSA) is 108 Å². The number of fused-ring (bicyclic) bond motifs is 6. The summed E-state index contributed by atoms with van der Waals surface area (Å²) in [6, 6.07) is 5.16. The number of alkyl halides is 3. The Morgan fingerprint density at radius 2 is 2.06 bits per heavy atom. The minimum Gasteiger partial charge on any atom is -0.487 e. The Balaban J connectivity index is 1.36. The van der Waals surface area contributed by atoms with Crippen molar-refractivity contribution in [3.63, 3.8) is 0 Å². The quantitative estimate of drug-likeness (QED) is 0.478. The average Bonchev–Trinajstić information content (AvgIpc) is 3.42. The molecule has 12 heteroatoms. The predicted octanol–water partition coefficient (Wildman–Crippen LogP) is 3.50. The standard InChI is InChI=1S/C22H17F3N6O3/c23-22(24,25)34-11-3-4-12-18(6-11)33-17-2-1-5-30(19(12)17)21(32)13-7-15-14(8-28-13)29-20(26)16-9-27-10-31(15)16/h3-4,6-10,17,19H,1-2,5H2,(H2,26,29). The van der Waals surface area contributed by atoms with Gasteiger partial charge in [0.15, 0.2) is 0 Å². The second-order valence-electron chi connectivity index (χ2n) is 8.19. The molecule has 9 nitrogen and oxygen atoms in total. The smallest absolute Gasteiger partial charge is 0.487 e. The van der Waals surface area contributed by atoms with E-state index in [9.17, 15) is 18.0 Å². The molecule has 34 heavy (non-hydrogen) atoms. The Kier molecular flexibility index (Phi) is 4.35. The Hall–Kier alpha value is -4.09. The number of likely N-dealkylation sites (tertiary alicyclic amines) is 1. The number of piperidine rings is 1. The van der Waals surface area contributed by atoms with Gasteiger partial charge >= 0.3 is 6.36 Å².